The number of carboxylic acids is 1. The lowest BCUT2D eigenvalue weighted by molar-refractivity contribution is -0.138. The molecule has 1 aromatic heterocycles. The van der Waals surface area contributed by atoms with E-state index >= 15 is 0 Å². The van der Waals surface area contributed by atoms with Gasteiger partial charge in [-0.25, -0.2) is 4.68 Å². The minimum atomic E-state index is -0.853. The van der Waals surface area contributed by atoms with E-state index < -0.39 is 5.97 Å². The molecule has 2 rings (SSSR count). The Hall–Kier alpha value is -2.28. The third-order valence-electron chi connectivity index (χ3n) is 2.95. The van der Waals surface area contributed by atoms with Crippen LogP contribution >= 0.6 is 0 Å². The van der Waals surface area contributed by atoms with Crippen LogP contribution < -0.4 is 0 Å². The van der Waals surface area contributed by atoms with Gasteiger partial charge in [-0.2, -0.15) is 0 Å². The Balaban J connectivity index is 2.06. The van der Waals surface area contributed by atoms with E-state index in [-0.39, 0.29) is 6.54 Å². The summed E-state index contributed by atoms with van der Waals surface area (Å²) < 4.78 is 1.69. The number of aliphatic carboxylic acids is 1. The van der Waals surface area contributed by atoms with Gasteiger partial charge in [-0.15, -0.1) is 5.10 Å². The van der Waals surface area contributed by atoms with Gasteiger partial charge in [0.25, 0.3) is 0 Å². The zero-order chi connectivity index (χ0) is 14.4. The molecule has 0 aliphatic rings. The van der Waals surface area contributed by atoms with Crippen LogP contribution in [0.15, 0.2) is 30.3 Å². The molecule has 7 nitrogen and oxygen atoms in total. The number of carbonyl (C=O) groups is 1. The van der Waals surface area contributed by atoms with Crippen molar-refractivity contribution in [2.24, 2.45) is 0 Å². The van der Waals surface area contributed by atoms with Gasteiger partial charge in [-0.3, -0.25) is 9.69 Å². The van der Waals surface area contributed by atoms with Gasteiger partial charge >= 0.3 is 5.97 Å². The maximum Gasteiger partial charge on any atom is 0.317 e. The van der Waals surface area contributed by atoms with E-state index in [0.29, 0.717) is 25.5 Å². The van der Waals surface area contributed by atoms with Crippen LogP contribution in [0.4, 0.5) is 0 Å². The molecule has 0 aliphatic heterocycles. The molecule has 2 aromatic rings. The van der Waals surface area contributed by atoms with Crippen LogP contribution in [0.1, 0.15) is 18.3 Å². The fraction of sp³-hybridized carbons (Fsp3) is 0.385. The van der Waals surface area contributed by atoms with Gasteiger partial charge in [-0.05, 0) is 22.5 Å². The normalized spacial score (nSPS) is 10.9. The number of hydrogen-bond donors (Lipinski definition) is 1. The van der Waals surface area contributed by atoms with Gasteiger partial charge in [-0.1, -0.05) is 37.3 Å². The summed E-state index contributed by atoms with van der Waals surface area (Å²) >= 11 is 0. The molecule has 0 bridgehead atoms. The highest BCUT2D eigenvalue weighted by Gasteiger charge is 2.13. The minimum absolute atomic E-state index is 0.0191. The molecule has 0 saturated heterocycles. The molecule has 1 heterocycles. The monoisotopic (exact) mass is 275 g/mol. The van der Waals surface area contributed by atoms with Crippen LogP contribution in [0.2, 0.25) is 0 Å². The summed E-state index contributed by atoms with van der Waals surface area (Å²) in [6.07, 6.45) is 0. The van der Waals surface area contributed by atoms with Crippen LogP contribution in [0, 0.1) is 0 Å². The maximum atomic E-state index is 10.8. The van der Waals surface area contributed by atoms with Gasteiger partial charge in [0.05, 0.1) is 19.6 Å². The third-order valence-corrected chi connectivity index (χ3v) is 2.95. The third kappa shape index (κ3) is 3.86. The molecule has 20 heavy (non-hydrogen) atoms. The average molecular weight is 275 g/mol. The summed E-state index contributed by atoms with van der Waals surface area (Å²) in [5, 5.41) is 20.5. The molecule has 0 aliphatic carbocycles. The van der Waals surface area contributed by atoms with Gasteiger partial charge in [0.2, 0.25) is 0 Å². The predicted molar refractivity (Wildman–Crippen MR) is 71.9 cm³/mol. The first-order chi connectivity index (χ1) is 9.69. The zero-order valence-electron chi connectivity index (χ0n) is 11.3. The highest BCUT2D eigenvalue weighted by Crippen LogP contribution is 2.05. The van der Waals surface area contributed by atoms with Crippen molar-refractivity contribution in [1.82, 2.24) is 25.1 Å². The molecule has 7 heteroatoms. The highest BCUT2D eigenvalue weighted by atomic mass is 16.4. The SMILES string of the molecule is CCN(CC(=O)O)Cc1nnnn1Cc1ccccc1. The lowest BCUT2D eigenvalue weighted by Crippen LogP contribution is -2.30. The smallest absolute Gasteiger partial charge is 0.317 e. The van der Waals surface area contributed by atoms with Crippen LogP contribution in [0.25, 0.3) is 0 Å². The molecule has 0 fully saturated rings. The summed E-state index contributed by atoms with van der Waals surface area (Å²) in [5.74, 6) is -0.189. The van der Waals surface area contributed by atoms with Crippen molar-refractivity contribution >= 4 is 5.97 Å². The second-order valence-electron chi connectivity index (χ2n) is 4.44. The van der Waals surface area contributed by atoms with Crippen molar-refractivity contribution < 1.29 is 9.90 Å². The van der Waals surface area contributed by atoms with Gasteiger partial charge in [0.15, 0.2) is 5.82 Å². The average Bonchev–Trinajstić information content (AvgIpc) is 2.86. The van der Waals surface area contributed by atoms with E-state index in [9.17, 15) is 4.79 Å². The van der Waals surface area contributed by atoms with E-state index in [1.165, 1.54) is 0 Å². The number of carboxylic acid groups (broad SMARTS) is 1. The van der Waals surface area contributed by atoms with Gasteiger partial charge in [0, 0.05) is 0 Å². The molecule has 1 aromatic carbocycles. The van der Waals surface area contributed by atoms with Crippen molar-refractivity contribution in [2.45, 2.75) is 20.0 Å². The Labute approximate surface area is 116 Å². The zero-order valence-corrected chi connectivity index (χ0v) is 11.3. The van der Waals surface area contributed by atoms with Crippen LogP contribution in [-0.2, 0) is 17.9 Å². The number of nitrogens with zero attached hydrogens (tertiary/aromatic N) is 5. The molecule has 0 saturated carbocycles. The fourth-order valence-corrected chi connectivity index (χ4v) is 1.89. The molecule has 0 spiro atoms. The van der Waals surface area contributed by atoms with Crippen molar-refractivity contribution in [3.8, 4) is 0 Å². The minimum Gasteiger partial charge on any atom is -0.480 e. The van der Waals surface area contributed by atoms with Gasteiger partial charge < -0.3 is 5.11 Å². The number of hydrogen-bond acceptors (Lipinski definition) is 5. The van der Waals surface area contributed by atoms with Crippen molar-refractivity contribution in [3.05, 3.63) is 41.7 Å². The Morgan fingerprint density at radius 2 is 2.10 bits per heavy atom. The van der Waals surface area contributed by atoms with Crippen LogP contribution in [0.3, 0.4) is 0 Å². The van der Waals surface area contributed by atoms with Crippen molar-refractivity contribution in [2.75, 3.05) is 13.1 Å². The lowest BCUT2D eigenvalue weighted by atomic mass is 10.2. The molecular weight excluding hydrogens is 258 g/mol. The number of rotatable bonds is 7. The lowest BCUT2D eigenvalue weighted by Gasteiger charge is -2.17. The second kappa shape index (κ2) is 6.76. The van der Waals surface area contributed by atoms with Crippen LogP contribution in [-0.4, -0.2) is 49.3 Å². The van der Waals surface area contributed by atoms with E-state index in [2.05, 4.69) is 15.5 Å². The molecule has 0 radical (unpaired) electrons. The first-order valence-electron chi connectivity index (χ1n) is 6.42. The largest absolute Gasteiger partial charge is 0.480 e. The van der Waals surface area contributed by atoms with Crippen molar-refractivity contribution in [3.63, 3.8) is 0 Å². The number of aromatic nitrogens is 4. The van der Waals surface area contributed by atoms with E-state index in [0.717, 1.165) is 5.56 Å². The van der Waals surface area contributed by atoms with Crippen LogP contribution in [0.5, 0.6) is 0 Å². The van der Waals surface area contributed by atoms with Crippen molar-refractivity contribution in [1.29, 1.82) is 0 Å². The summed E-state index contributed by atoms with van der Waals surface area (Å²) in [6, 6.07) is 9.88. The standard InChI is InChI=1S/C13H17N5O2/c1-2-17(10-13(19)20)9-12-14-15-16-18(12)8-11-6-4-3-5-7-11/h3-7H,2,8-10H2,1H3,(H,19,20). The van der Waals surface area contributed by atoms with E-state index in [4.69, 9.17) is 5.11 Å². The molecular formula is C13H17N5O2. The molecule has 0 unspecified atom stereocenters. The predicted octanol–water partition coefficient (Wildman–Crippen LogP) is 0.628. The Morgan fingerprint density at radius 3 is 2.75 bits per heavy atom. The van der Waals surface area contributed by atoms with Gasteiger partial charge in [0.1, 0.15) is 0 Å². The Morgan fingerprint density at radius 1 is 1.35 bits per heavy atom. The molecule has 106 valence electrons. The quantitative estimate of drug-likeness (QED) is 0.797. The second-order valence-corrected chi connectivity index (χ2v) is 4.44. The summed E-state index contributed by atoms with van der Waals surface area (Å²) in [7, 11) is 0. The first kappa shape index (κ1) is 14.1. The fourth-order valence-electron chi connectivity index (χ4n) is 1.89. The molecule has 1 N–H and O–H groups in total. The first-order valence-corrected chi connectivity index (χ1v) is 6.42. The summed E-state index contributed by atoms with van der Waals surface area (Å²) in [5.41, 5.74) is 1.10. The topological polar surface area (TPSA) is 84.1 Å². The number of likely N-dealkylation sites (N-methyl/N-ethyl adjacent to an activating group) is 1. The Bertz CT molecular complexity index is 555. The summed E-state index contributed by atoms with van der Waals surface area (Å²) in [4.78, 5) is 12.5. The van der Waals surface area contributed by atoms with E-state index in [1.54, 1.807) is 9.58 Å². The number of tetrazole rings is 1. The Kier molecular flexibility index (Phi) is 4.78. The highest BCUT2D eigenvalue weighted by molar-refractivity contribution is 5.69. The van der Waals surface area contributed by atoms with E-state index in [1.807, 2.05) is 37.3 Å². The summed E-state index contributed by atoms with van der Waals surface area (Å²) in [6.45, 7) is 3.52. The number of benzene rings is 1. The molecule has 0 atom stereocenters. The molecule has 0 amide bonds. The maximum absolute atomic E-state index is 10.8.